The lowest BCUT2D eigenvalue weighted by Crippen LogP contribution is -2.36. The van der Waals surface area contributed by atoms with Gasteiger partial charge in [0, 0.05) is 7.11 Å². The van der Waals surface area contributed by atoms with Crippen molar-refractivity contribution in [3.05, 3.63) is 11.6 Å². The van der Waals surface area contributed by atoms with E-state index in [1.807, 2.05) is 19.9 Å². The fourth-order valence-electron chi connectivity index (χ4n) is 0.726. The van der Waals surface area contributed by atoms with Crippen LogP contribution in [0.1, 0.15) is 13.8 Å². The first-order valence-corrected chi connectivity index (χ1v) is 3.30. The van der Waals surface area contributed by atoms with E-state index in [1.54, 1.807) is 7.11 Å². The number of ether oxygens (including phenoxy) is 1. The SMILES string of the molecule is COCC(C=C(C)C)NN. The Morgan fingerprint density at radius 1 is 1.70 bits per heavy atom. The Labute approximate surface area is 62.2 Å². The molecule has 10 heavy (non-hydrogen) atoms. The fourth-order valence-corrected chi connectivity index (χ4v) is 0.726. The molecule has 0 rings (SSSR count). The minimum Gasteiger partial charge on any atom is -0.383 e. The first-order chi connectivity index (χ1) is 4.70. The molecule has 0 saturated carbocycles. The van der Waals surface area contributed by atoms with Crippen molar-refractivity contribution >= 4 is 0 Å². The van der Waals surface area contributed by atoms with E-state index in [-0.39, 0.29) is 6.04 Å². The van der Waals surface area contributed by atoms with Crippen molar-refractivity contribution in [2.45, 2.75) is 19.9 Å². The molecule has 60 valence electrons. The van der Waals surface area contributed by atoms with Crippen LogP contribution in [-0.2, 0) is 4.74 Å². The van der Waals surface area contributed by atoms with E-state index in [9.17, 15) is 0 Å². The summed E-state index contributed by atoms with van der Waals surface area (Å²) in [7, 11) is 1.66. The first kappa shape index (κ1) is 9.62. The van der Waals surface area contributed by atoms with Crippen molar-refractivity contribution in [2.24, 2.45) is 5.84 Å². The predicted molar refractivity (Wildman–Crippen MR) is 42.4 cm³/mol. The van der Waals surface area contributed by atoms with Crippen LogP contribution in [0.4, 0.5) is 0 Å². The molecule has 1 atom stereocenters. The van der Waals surface area contributed by atoms with Crippen molar-refractivity contribution < 1.29 is 4.74 Å². The minimum absolute atomic E-state index is 0.134. The van der Waals surface area contributed by atoms with Gasteiger partial charge < -0.3 is 4.74 Å². The molecule has 0 aromatic carbocycles. The van der Waals surface area contributed by atoms with Crippen molar-refractivity contribution in [3.63, 3.8) is 0 Å². The number of methoxy groups -OCH3 is 1. The van der Waals surface area contributed by atoms with E-state index in [1.165, 1.54) is 5.57 Å². The largest absolute Gasteiger partial charge is 0.383 e. The number of allylic oxidation sites excluding steroid dienone is 1. The second kappa shape index (κ2) is 5.41. The summed E-state index contributed by atoms with van der Waals surface area (Å²) in [6, 6.07) is 0.134. The van der Waals surface area contributed by atoms with Crippen LogP contribution in [0, 0.1) is 0 Å². The zero-order valence-corrected chi connectivity index (χ0v) is 6.85. The summed E-state index contributed by atoms with van der Waals surface area (Å²) in [6.45, 7) is 4.67. The van der Waals surface area contributed by atoms with Gasteiger partial charge in [0.25, 0.3) is 0 Å². The van der Waals surface area contributed by atoms with Crippen LogP contribution >= 0.6 is 0 Å². The molecule has 3 heteroatoms. The van der Waals surface area contributed by atoms with Gasteiger partial charge in [0.2, 0.25) is 0 Å². The van der Waals surface area contributed by atoms with Crippen LogP contribution in [0.25, 0.3) is 0 Å². The molecule has 0 saturated heterocycles. The summed E-state index contributed by atoms with van der Waals surface area (Å²) in [5, 5.41) is 0. The Balaban J connectivity index is 3.71. The minimum atomic E-state index is 0.134. The molecule has 0 aromatic heterocycles. The van der Waals surface area contributed by atoms with Crippen LogP contribution in [0.3, 0.4) is 0 Å². The van der Waals surface area contributed by atoms with E-state index in [4.69, 9.17) is 10.6 Å². The van der Waals surface area contributed by atoms with Gasteiger partial charge in [0.05, 0.1) is 12.6 Å². The van der Waals surface area contributed by atoms with Crippen LogP contribution in [0.2, 0.25) is 0 Å². The standard InChI is InChI=1S/C7H16N2O/c1-6(2)4-7(9-8)5-10-3/h4,7,9H,5,8H2,1-3H3. The summed E-state index contributed by atoms with van der Waals surface area (Å²) in [4.78, 5) is 0. The van der Waals surface area contributed by atoms with Gasteiger partial charge in [0.15, 0.2) is 0 Å². The predicted octanol–water partition coefficient (Wildman–Crippen LogP) is 0.431. The van der Waals surface area contributed by atoms with Crippen LogP contribution in [0.15, 0.2) is 11.6 Å². The number of hydrogen-bond donors (Lipinski definition) is 2. The highest BCUT2D eigenvalue weighted by Crippen LogP contribution is 1.93. The van der Waals surface area contributed by atoms with E-state index in [0.29, 0.717) is 6.61 Å². The molecule has 0 heterocycles. The van der Waals surface area contributed by atoms with Gasteiger partial charge in [-0.25, -0.2) is 0 Å². The molecule has 1 unspecified atom stereocenters. The maximum Gasteiger partial charge on any atom is 0.0664 e. The zero-order valence-electron chi connectivity index (χ0n) is 6.85. The summed E-state index contributed by atoms with van der Waals surface area (Å²) in [6.07, 6.45) is 2.03. The van der Waals surface area contributed by atoms with Crippen molar-refractivity contribution in [1.82, 2.24) is 5.43 Å². The van der Waals surface area contributed by atoms with Gasteiger partial charge in [-0.05, 0) is 13.8 Å². The van der Waals surface area contributed by atoms with Crippen molar-refractivity contribution in [3.8, 4) is 0 Å². The van der Waals surface area contributed by atoms with E-state index in [0.717, 1.165) is 0 Å². The number of nitrogens with one attached hydrogen (secondary N) is 1. The lowest BCUT2D eigenvalue weighted by atomic mass is 10.2. The Kier molecular flexibility index (Phi) is 5.20. The monoisotopic (exact) mass is 144 g/mol. The molecular weight excluding hydrogens is 128 g/mol. The smallest absolute Gasteiger partial charge is 0.0664 e. The van der Waals surface area contributed by atoms with Gasteiger partial charge in [-0.2, -0.15) is 0 Å². The lowest BCUT2D eigenvalue weighted by molar-refractivity contribution is 0.180. The molecule has 0 spiro atoms. The highest BCUT2D eigenvalue weighted by Gasteiger charge is 1.99. The molecule has 0 bridgehead atoms. The van der Waals surface area contributed by atoms with Gasteiger partial charge in [-0.15, -0.1) is 0 Å². The average molecular weight is 144 g/mol. The van der Waals surface area contributed by atoms with Crippen LogP contribution < -0.4 is 11.3 Å². The van der Waals surface area contributed by atoms with E-state index >= 15 is 0 Å². The third-order valence-corrected chi connectivity index (χ3v) is 1.09. The summed E-state index contributed by atoms with van der Waals surface area (Å²) in [5.41, 5.74) is 3.87. The Morgan fingerprint density at radius 2 is 2.30 bits per heavy atom. The molecule has 0 aromatic rings. The zero-order chi connectivity index (χ0) is 7.98. The van der Waals surface area contributed by atoms with E-state index < -0.39 is 0 Å². The Morgan fingerprint density at radius 3 is 2.60 bits per heavy atom. The molecule has 0 aliphatic carbocycles. The summed E-state index contributed by atoms with van der Waals surface area (Å²) >= 11 is 0. The van der Waals surface area contributed by atoms with Gasteiger partial charge in [0.1, 0.15) is 0 Å². The summed E-state index contributed by atoms with van der Waals surface area (Å²) in [5.74, 6) is 5.23. The fraction of sp³-hybridized carbons (Fsp3) is 0.714. The highest BCUT2D eigenvalue weighted by atomic mass is 16.5. The first-order valence-electron chi connectivity index (χ1n) is 3.30. The molecule has 3 N–H and O–H groups in total. The Bertz CT molecular complexity index is 108. The normalized spacial score (nSPS) is 12.8. The molecule has 0 aliphatic rings. The number of hydrogen-bond acceptors (Lipinski definition) is 3. The van der Waals surface area contributed by atoms with Crippen molar-refractivity contribution in [2.75, 3.05) is 13.7 Å². The quantitative estimate of drug-likeness (QED) is 0.342. The van der Waals surface area contributed by atoms with Gasteiger partial charge in [-0.3, -0.25) is 11.3 Å². The maximum absolute atomic E-state index is 5.23. The third-order valence-electron chi connectivity index (χ3n) is 1.09. The highest BCUT2D eigenvalue weighted by molar-refractivity contribution is 5.00. The van der Waals surface area contributed by atoms with Gasteiger partial charge in [-0.1, -0.05) is 11.6 Å². The average Bonchev–Trinajstić information content (AvgIpc) is 1.86. The third kappa shape index (κ3) is 4.49. The second-order valence-electron chi connectivity index (χ2n) is 2.47. The van der Waals surface area contributed by atoms with Gasteiger partial charge >= 0.3 is 0 Å². The number of rotatable bonds is 4. The van der Waals surface area contributed by atoms with E-state index in [2.05, 4.69) is 5.43 Å². The molecule has 0 amide bonds. The molecule has 0 radical (unpaired) electrons. The summed E-state index contributed by atoms with van der Waals surface area (Å²) < 4.78 is 4.91. The molecular formula is C7H16N2O. The number of nitrogens with two attached hydrogens (primary N) is 1. The van der Waals surface area contributed by atoms with Crippen LogP contribution in [0.5, 0.6) is 0 Å². The topological polar surface area (TPSA) is 47.3 Å². The molecule has 0 fully saturated rings. The van der Waals surface area contributed by atoms with Crippen molar-refractivity contribution in [1.29, 1.82) is 0 Å². The lowest BCUT2D eigenvalue weighted by Gasteiger charge is -2.09. The molecule has 0 aliphatic heterocycles. The number of hydrazine groups is 1. The van der Waals surface area contributed by atoms with Crippen LogP contribution in [-0.4, -0.2) is 19.8 Å². The second-order valence-corrected chi connectivity index (χ2v) is 2.47. The molecule has 3 nitrogen and oxygen atoms in total. The maximum atomic E-state index is 5.23. The Hall–Kier alpha value is -0.380.